The second kappa shape index (κ2) is 6.57. The molecular formula is C8H14ClN7O2. The molecule has 8 N–H and O–H groups in total. The number of nitrogens with two attached hydrogens (primary N) is 3. The third kappa shape index (κ3) is 4.03. The summed E-state index contributed by atoms with van der Waals surface area (Å²) in [6, 6.07) is 2.00. The first kappa shape index (κ1) is 15.9. The Morgan fingerprint density at radius 2 is 2.22 bits per heavy atom. The molecule has 0 spiro atoms. The molecule has 0 aliphatic carbocycles. The van der Waals surface area contributed by atoms with Crippen LogP contribution in [0.4, 0.5) is 17.3 Å². The Labute approximate surface area is 109 Å². The lowest BCUT2D eigenvalue weighted by atomic mass is 10.3. The maximum absolute atomic E-state index is 10.5. The van der Waals surface area contributed by atoms with E-state index in [0.717, 1.165) is 0 Å². The minimum Gasteiger partial charge on any atom is -0.386 e. The zero-order chi connectivity index (χ0) is 13.0. The molecule has 0 bridgehead atoms. The molecule has 100 valence electrons. The molecule has 0 aliphatic heterocycles. The second-order valence-corrected chi connectivity index (χ2v) is 3.30. The lowest BCUT2D eigenvalue weighted by molar-refractivity contribution is -0.384. The van der Waals surface area contributed by atoms with Crippen molar-refractivity contribution in [2.75, 3.05) is 17.6 Å². The first-order chi connectivity index (χ1) is 7.91. The largest absolute Gasteiger partial charge is 0.386 e. The number of aromatic nitrogens is 1. The van der Waals surface area contributed by atoms with Crippen molar-refractivity contribution in [3.05, 3.63) is 22.2 Å². The van der Waals surface area contributed by atoms with E-state index in [2.05, 4.69) is 10.3 Å². The molecule has 0 amide bonds. The van der Waals surface area contributed by atoms with E-state index in [-0.39, 0.29) is 36.3 Å². The van der Waals surface area contributed by atoms with Crippen molar-refractivity contribution in [1.82, 2.24) is 4.98 Å². The van der Waals surface area contributed by atoms with Crippen LogP contribution in [-0.4, -0.2) is 28.3 Å². The lowest BCUT2D eigenvalue weighted by Gasteiger charge is -2.11. The Morgan fingerprint density at radius 1 is 1.61 bits per heavy atom. The SMILES string of the molecule is Cl.N=C(N)C(N)CNc1ccc([N+](=O)[O-])c(N)n1. The molecule has 0 aliphatic rings. The molecule has 0 aromatic carbocycles. The topological polar surface area (TPSA) is 170 Å². The molecule has 0 fully saturated rings. The number of nitrogen functional groups attached to an aromatic ring is 1. The molecule has 0 radical (unpaired) electrons. The number of hydrogen-bond acceptors (Lipinski definition) is 7. The van der Waals surface area contributed by atoms with Crippen LogP contribution >= 0.6 is 12.4 Å². The fraction of sp³-hybridized carbons (Fsp3) is 0.250. The first-order valence-corrected chi connectivity index (χ1v) is 4.66. The summed E-state index contributed by atoms with van der Waals surface area (Å²) in [4.78, 5) is 13.7. The van der Waals surface area contributed by atoms with Gasteiger partial charge in [0.25, 0.3) is 0 Å². The Kier molecular flexibility index (Phi) is 5.79. The van der Waals surface area contributed by atoms with Crippen LogP contribution in [0.25, 0.3) is 0 Å². The molecule has 0 saturated heterocycles. The van der Waals surface area contributed by atoms with Crippen molar-refractivity contribution in [1.29, 1.82) is 5.41 Å². The average molecular weight is 276 g/mol. The van der Waals surface area contributed by atoms with Gasteiger partial charge in [-0.15, -0.1) is 12.4 Å². The summed E-state index contributed by atoms with van der Waals surface area (Å²) in [7, 11) is 0. The Hall–Kier alpha value is -2.13. The lowest BCUT2D eigenvalue weighted by Crippen LogP contribution is -2.41. The molecule has 9 nitrogen and oxygen atoms in total. The summed E-state index contributed by atoms with van der Waals surface area (Å²) in [5.74, 6) is -0.00594. The zero-order valence-electron chi connectivity index (χ0n) is 9.29. The van der Waals surface area contributed by atoms with Gasteiger partial charge in [-0.2, -0.15) is 0 Å². The summed E-state index contributed by atoms with van der Waals surface area (Å²) in [5, 5.41) is 20.3. The maximum Gasteiger partial charge on any atom is 0.311 e. The van der Waals surface area contributed by atoms with Crippen LogP contribution in [0.15, 0.2) is 12.1 Å². The van der Waals surface area contributed by atoms with E-state index in [1.807, 2.05) is 0 Å². The Bertz CT molecular complexity index is 453. The molecule has 18 heavy (non-hydrogen) atoms. The van der Waals surface area contributed by atoms with Gasteiger partial charge in [0.1, 0.15) is 11.7 Å². The molecule has 1 heterocycles. The van der Waals surface area contributed by atoms with Gasteiger partial charge in [-0.05, 0) is 6.07 Å². The van der Waals surface area contributed by atoms with Crippen LogP contribution in [0.3, 0.4) is 0 Å². The number of rotatable bonds is 5. The van der Waals surface area contributed by atoms with Crippen LogP contribution in [0.5, 0.6) is 0 Å². The third-order valence-corrected chi connectivity index (χ3v) is 2.00. The highest BCUT2D eigenvalue weighted by atomic mass is 35.5. The van der Waals surface area contributed by atoms with Crippen molar-refractivity contribution in [3.63, 3.8) is 0 Å². The maximum atomic E-state index is 10.5. The number of nitro groups is 1. The molecule has 0 saturated carbocycles. The van der Waals surface area contributed by atoms with Crippen LogP contribution < -0.4 is 22.5 Å². The number of hydrogen-bond donors (Lipinski definition) is 5. The Morgan fingerprint density at radius 3 is 2.67 bits per heavy atom. The van der Waals surface area contributed by atoms with Crippen molar-refractivity contribution in [2.45, 2.75) is 6.04 Å². The van der Waals surface area contributed by atoms with E-state index >= 15 is 0 Å². The van der Waals surface area contributed by atoms with Crippen LogP contribution in [0.1, 0.15) is 0 Å². The quantitative estimate of drug-likeness (QED) is 0.212. The van der Waals surface area contributed by atoms with Crippen molar-refractivity contribution >= 4 is 35.6 Å². The zero-order valence-corrected chi connectivity index (χ0v) is 10.1. The average Bonchev–Trinajstić information content (AvgIpc) is 2.25. The number of anilines is 2. The smallest absolute Gasteiger partial charge is 0.311 e. The highest BCUT2D eigenvalue weighted by Crippen LogP contribution is 2.20. The number of pyridine rings is 1. The van der Waals surface area contributed by atoms with Gasteiger partial charge in [-0.1, -0.05) is 0 Å². The fourth-order valence-corrected chi connectivity index (χ4v) is 1.04. The van der Waals surface area contributed by atoms with E-state index in [1.54, 1.807) is 0 Å². The minimum atomic E-state index is -0.645. The number of nitrogens with one attached hydrogen (secondary N) is 2. The number of halogens is 1. The van der Waals surface area contributed by atoms with E-state index < -0.39 is 11.0 Å². The van der Waals surface area contributed by atoms with Gasteiger partial charge in [0, 0.05) is 12.6 Å². The van der Waals surface area contributed by atoms with Crippen LogP contribution in [0.2, 0.25) is 0 Å². The number of amidine groups is 1. The van der Waals surface area contributed by atoms with Gasteiger partial charge in [-0.25, -0.2) is 4.98 Å². The fourth-order valence-electron chi connectivity index (χ4n) is 1.04. The summed E-state index contributed by atoms with van der Waals surface area (Å²) >= 11 is 0. The monoisotopic (exact) mass is 275 g/mol. The second-order valence-electron chi connectivity index (χ2n) is 3.30. The normalized spacial score (nSPS) is 11.2. The molecule has 10 heteroatoms. The molecular weight excluding hydrogens is 262 g/mol. The van der Waals surface area contributed by atoms with E-state index in [0.29, 0.717) is 5.82 Å². The summed E-state index contributed by atoms with van der Waals surface area (Å²) in [5.41, 5.74) is 15.8. The summed E-state index contributed by atoms with van der Waals surface area (Å²) in [6.45, 7) is 0.194. The minimum absolute atomic E-state index is 0. The number of nitrogens with zero attached hydrogens (tertiary/aromatic N) is 2. The molecule has 1 aromatic heterocycles. The summed E-state index contributed by atoms with van der Waals surface area (Å²) in [6.07, 6.45) is 0. The van der Waals surface area contributed by atoms with Crippen molar-refractivity contribution in [2.24, 2.45) is 11.5 Å². The standard InChI is InChI=1S/C8H13N7O2.ClH/c9-4(7(10)11)3-13-6-2-1-5(15(16)17)8(12)14-6;/h1-2,4H,3,9H2,(H3,10,11)(H3,12,13,14);1H. The van der Waals surface area contributed by atoms with Crippen molar-refractivity contribution < 1.29 is 4.92 Å². The molecule has 1 aromatic rings. The summed E-state index contributed by atoms with van der Waals surface area (Å²) < 4.78 is 0. The first-order valence-electron chi connectivity index (χ1n) is 4.66. The van der Waals surface area contributed by atoms with Gasteiger partial charge in [0.05, 0.1) is 11.0 Å². The van der Waals surface area contributed by atoms with E-state index in [1.165, 1.54) is 12.1 Å². The molecule has 1 rings (SSSR count). The highest BCUT2D eigenvalue weighted by Gasteiger charge is 2.13. The molecule has 1 atom stereocenters. The van der Waals surface area contributed by atoms with Gasteiger partial charge in [0.15, 0.2) is 0 Å². The van der Waals surface area contributed by atoms with Crippen LogP contribution in [-0.2, 0) is 0 Å². The van der Waals surface area contributed by atoms with Gasteiger partial charge in [0.2, 0.25) is 5.82 Å². The predicted octanol–water partition coefficient (Wildman–Crippen LogP) is -0.331. The Balaban J connectivity index is 0.00000289. The molecule has 1 unspecified atom stereocenters. The van der Waals surface area contributed by atoms with E-state index in [4.69, 9.17) is 22.6 Å². The third-order valence-electron chi connectivity index (χ3n) is 2.00. The van der Waals surface area contributed by atoms with Gasteiger partial charge in [-0.3, -0.25) is 15.5 Å². The highest BCUT2D eigenvalue weighted by molar-refractivity contribution is 5.85. The van der Waals surface area contributed by atoms with Gasteiger partial charge >= 0.3 is 5.69 Å². The van der Waals surface area contributed by atoms with Crippen LogP contribution in [0, 0.1) is 15.5 Å². The predicted molar refractivity (Wildman–Crippen MR) is 70.9 cm³/mol. The van der Waals surface area contributed by atoms with E-state index in [9.17, 15) is 10.1 Å². The van der Waals surface area contributed by atoms with Crippen molar-refractivity contribution in [3.8, 4) is 0 Å². The van der Waals surface area contributed by atoms with Gasteiger partial charge < -0.3 is 22.5 Å².